The molecule has 2 nitrogen and oxygen atoms in total. The Morgan fingerprint density at radius 2 is 1.46 bits per heavy atom. The van der Waals surface area contributed by atoms with Gasteiger partial charge in [-0.1, -0.05) is 38.9 Å². The largest absolute Gasteiger partial charge is 0.341 e. The van der Waals surface area contributed by atoms with Crippen molar-refractivity contribution in [1.82, 2.24) is 0 Å². The van der Waals surface area contributed by atoms with Crippen LogP contribution in [0.3, 0.4) is 0 Å². The quantitative estimate of drug-likeness (QED) is 0.497. The lowest BCUT2D eigenvalue weighted by Gasteiger charge is -2.15. The molecule has 0 aromatic carbocycles. The van der Waals surface area contributed by atoms with Crippen LogP contribution >= 0.6 is 17.9 Å². The zero-order chi connectivity index (χ0) is 10.3. The summed E-state index contributed by atoms with van der Waals surface area (Å²) >= 11 is 3.93. The highest BCUT2D eigenvalue weighted by Gasteiger charge is 2.09. The predicted molar refractivity (Wildman–Crippen MR) is 67.3 cm³/mol. The highest BCUT2D eigenvalue weighted by molar-refractivity contribution is 8.65. The van der Waals surface area contributed by atoms with Crippen LogP contribution in [-0.4, -0.2) is 21.3 Å². The molecule has 0 saturated carbocycles. The van der Waals surface area contributed by atoms with Gasteiger partial charge in [-0.2, -0.15) is 0 Å². The summed E-state index contributed by atoms with van der Waals surface area (Å²) in [5.74, 6) is 1.86. The first kappa shape index (κ1) is 14.1. The Kier molecular flexibility index (Phi) is 7.95. The van der Waals surface area contributed by atoms with Gasteiger partial charge in [0.25, 0.3) is 0 Å². The molecular formula is C8H21O2PS2. The van der Waals surface area contributed by atoms with E-state index in [1.807, 2.05) is 0 Å². The second-order valence-electron chi connectivity index (χ2n) is 3.09. The first-order chi connectivity index (χ1) is 6.02. The van der Waals surface area contributed by atoms with Crippen molar-refractivity contribution in [1.29, 1.82) is 0 Å². The molecule has 0 aliphatic rings. The third-order valence-electron chi connectivity index (χ3n) is 1.81. The number of unbranched alkanes of at least 4 members (excludes halogenated alkanes) is 2. The minimum atomic E-state index is -2.86. The molecule has 5 heteroatoms. The average Bonchev–Trinajstić information content (AvgIpc) is 2.02. The maximum Gasteiger partial charge on any atom is 0.198 e. The minimum absolute atomic E-state index is 0.255. The fourth-order valence-electron chi connectivity index (χ4n) is 0.969. The van der Waals surface area contributed by atoms with Crippen molar-refractivity contribution in [3.05, 3.63) is 0 Å². The van der Waals surface area contributed by atoms with Crippen LogP contribution in [0.4, 0.5) is 0 Å². The van der Waals surface area contributed by atoms with Crippen molar-refractivity contribution in [2.45, 2.75) is 39.5 Å². The smallest absolute Gasteiger partial charge is 0.198 e. The Hall–Kier alpha value is 1.05. The molecule has 0 heterocycles. The van der Waals surface area contributed by atoms with Crippen molar-refractivity contribution in [3.63, 3.8) is 0 Å². The minimum Gasteiger partial charge on any atom is -0.341 e. The Labute approximate surface area is 89.0 Å². The Balaban J connectivity index is 4.21. The van der Waals surface area contributed by atoms with Gasteiger partial charge < -0.3 is 9.79 Å². The summed E-state index contributed by atoms with van der Waals surface area (Å²) in [7, 11) is -0.255. The molecule has 13 heavy (non-hydrogen) atoms. The van der Waals surface area contributed by atoms with E-state index in [-0.39, 0.29) is 10.1 Å². The second-order valence-corrected chi connectivity index (χ2v) is 11.4. The molecule has 0 fully saturated rings. The molecule has 0 atom stereocenters. The molecule has 0 radical (unpaired) electrons. The molecule has 0 aliphatic heterocycles. The predicted octanol–water partition coefficient (Wildman–Crippen LogP) is 2.80. The van der Waals surface area contributed by atoms with Crippen LogP contribution in [0.1, 0.15) is 39.5 Å². The lowest BCUT2D eigenvalue weighted by molar-refractivity contribution is 0.502. The van der Waals surface area contributed by atoms with E-state index < -0.39 is 5.69 Å². The van der Waals surface area contributed by atoms with E-state index in [0.717, 1.165) is 37.2 Å². The molecule has 0 spiro atoms. The first-order valence-corrected chi connectivity index (χ1v) is 9.79. The standard InChI is InChI=1S/C8H21O2PS2/c1-3-5-7-13(8-6-4-2)11(9,10)12/h9-10,12H,3-8H2,1-2H3. The molecule has 2 N–H and O–H groups in total. The Bertz CT molecular complexity index is 170. The van der Waals surface area contributed by atoms with Crippen LogP contribution in [-0.2, 0) is 10.1 Å². The zero-order valence-corrected chi connectivity index (χ0v) is 11.0. The summed E-state index contributed by atoms with van der Waals surface area (Å²) in [6.45, 7) is 4.24. The van der Waals surface area contributed by atoms with E-state index >= 15 is 0 Å². The van der Waals surface area contributed by atoms with Gasteiger partial charge in [0.15, 0.2) is 5.69 Å². The normalized spacial score (nSPS) is 12.5. The molecule has 0 amide bonds. The summed E-state index contributed by atoms with van der Waals surface area (Å²) in [6.07, 6.45) is 4.39. The van der Waals surface area contributed by atoms with Crippen molar-refractivity contribution in [2.75, 3.05) is 11.5 Å². The van der Waals surface area contributed by atoms with E-state index in [1.165, 1.54) is 0 Å². The fraction of sp³-hybridized carbons (Fsp3) is 1.00. The van der Waals surface area contributed by atoms with Gasteiger partial charge in [0.05, 0.1) is 0 Å². The molecular weight excluding hydrogens is 223 g/mol. The topological polar surface area (TPSA) is 40.5 Å². The van der Waals surface area contributed by atoms with E-state index in [1.54, 1.807) is 0 Å². The SMILES string of the molecule is CCCCS(CCCC)=P(O)(O)S. The Morgan fingerprint density at radius 1 is 1.08 bits per heavy atom. The third kappa shape index (κ3) is 7.03. The van der Waals surface area contributed by atoms with Gasteiger partial charge in [0, 0.05) is 0 Å². The monoisotopic (exact) mass is 244 g/mol. The summed E-state index contributed by atoms with van der Waals surface area (Å²) in [5.41, 5.74) is -2.86. The third-order valence-corrected chi connectivity index (χ3v) is 9.28. The summed E-state index contributed by atoms with van der Waals surface area (Å²) in [4.78, 5) is 18.9. The number of hydrogen-bond acceptors (Lipinski definition) is 0. The van der Waals surface area contributed by atoms with Gasteiger partial charge in [-0.05, 0) is 24.3 Å². The van der Waals surface area contributed by atoms with Gasteiger partial charge in [-0.3, -0.25) is 0 Å². The van der Waals surface area contributed by atoms with Crippen LogP contribution in [0, 0.1) is 0 Å². The number of hydrogen-bond donors (Lipinski definition) is 3. The second kappa shape index (κ2) is 7.36. The van der Waals surface area contributed by atoms with Crippen LogP contribution < -0.4 is 0 Å². The van der Waals surface area contributed by atoms with Crippen molar-refractivity contribution in [3.8, 4) is 0 Å². The fourth-order valence-corrected chi connectivity index (χ4v) is 6.62. The maximum atomic E-state index is 9.47. The summed E-state index contributed by atoms with van der Waals surface area (Å²) in [5, 5.41) is 0. The van der Waals surface area contributed by atoms with Crippen molar-refractivity contribution >= 4 is 28.0 Å². The van der Waals surface area contributed by atoms with Crippen LogP contribution in [0.2, 0.25) is 0 Å². The van der Waals surface area contributed by atoms with E-state index in [4.69, 9.17) is 0 Å². The number of thiol groups is 1. The van der Waals surface area contributed by atoms with E-state index in [0.29, 0.717) is 0 Å². The summed E-state index contributed by atoms with van der Waals surface area (Å²) in [6, 6.07) is 0. The number of rotatable bonds is 6. The van der Waals surface area contributed by atoms with Crippen molar-refractivity contribution < 1.29 is 9.79 Å². The van der Waals surface area contributed by atoms with Crippen LogP contribution in [0.5, 0.6) is 0 Å². The van der Waals surface area contributed by atoms with E-state index in [2.05, 4.69) is 26.1 Å². The molecule has 0 aliphatic carbocycles. The van der Waals surface area contributed by atoms with Crippen LogP contribution in [0.25, 0.3) is 0 Å². The van der Waals surface area contributed by atoms with Crippen LogP contribution in [0.15, 0.2) is 0 Å². The summed E-state index contributed by atoms with van der Waals surface area (Å²) < 4.78 is 0. The molecule has 82 valence electrons. The zero-order valence-electron chi connectivity index (χ0n) is 8.44. The maximum absolute atomic E-state index is 9.47. The van der Waals surface area contributed by atoms with Crippen molar-refractivity contribution in [2.24, 2.45) is 0 Å². The molecule has 0 saturated heterocycles. The molecule has 0 aromatic rings. The van der Waals surface area contributed by atoms with Gasteiger partial charge in [0.2, 0.25) is 0 Å². The lowest BCUT2D eigenvalue weighted by Crippen LogP contribution is -2.03. The lowest BCUT2D eigenvalue weighted by atomic mass is 10.4. The molecule has 0 unspecified atom stereocenters. The van der Waals surface area contributed by atoms with Gasteiger partial charge >= 0.3 is 0 Å². The highest BCUT2D eigenvalue weighted by Crippen LogP contribution is 2.47. The van der Waals surface area contributed by atoms with Gasteiger partial charge in [-0.15, -0.1) is 10.1 Å². The molecule has 0 bridgehead atoms. The Morgan fingerprint density at radius 3 is 1.69 bits per heavy atom. The first-order valence-electron chi connectivity index (χ1n) is 4.77. The van der Waals surface area contributed by atoms with Gasteiger partial charge in [0.1, 0.15) is 0 Å². The molecule has 0 aromatic heterocycles. The molecule has 0 rings (SSSR count). The average molecular weight is 244 g/mol. The van der Waals surface area contributed by atoms with Gasteiger partial charge in [-0.25, -0.2) is 0 Å². The highest BCUT2D eigenvalue weighted by atomic mass is 32.9. The van der Waals surface area contributed by atoms with E-state index in [9.17, 15) is 9.79 Å².